The average molecular weight is 533 g/mol. The fraction of sp³-hybridized carbons (Fsp3) is 0.714. The zero-order valence-electron chi connectivity index (χ0n) is 21.0. The van der Waals surface area contributed by atoms with Crippen molar-refractivity contribution in [3.05, 3.63) is 0 Å². The van der Waals surface area contributed by atoms with Gasteiger partial charge in [-0.15, -0.1) is 0 Å². The highest BCUT2D eigenvalue weighted by Crippen LogP contribution is 2.07. The van der Waals surface area contributed by atoms with E-state index in [0.29, 0.717) is 18.6 Å². The molecule has 0 saturated carbocycles. The fourth-order valence-corrected chi connectivity index (χ4v) is 3.59. The van der Waals surface area contributed by atoms with E-state index in [0.717, 1.165) is 0 Å². The molecule has 0 aromatic rings. The second-order valence-electron chi connectivity index (χ2n) is 8.66. The third-order valence-electron chi connectivity index (χ3n) is 4.90. The molecule has 4 atom stereocenters. The van der Waals surface area contributed by atoms with Crippen LogP contribution in [0.2, 0.25) is 0 Å². The maximum Gasteiger partial charge on any atom is 0.326 e. The van der Waals surface area contributed by atoms with Gasteiger partial charge in [-0.25, -0.2) is 4.79 Å². The normalized spacial score (nSPS) is 14.1. The van der Waals surface area contributed by atoms with Crippen molar-refractivity contribution in [2.24, 2.45) is 33.8 Å². The largest absolute Gasteiger partial charge is 0.480 e. The minimum Gasteiger partial charge on any atom is -0.480 e. The number of primary amides is 1. The number of rotatable bonds is 18. The molecule has 0 aromatic heterocycles. The molecule has 0 fully saturated rings. The number of carbonyl (C=O) groups excluding carboxylic acids is 4. The topological polar surface area (TPSA) is 258 Å². The first-order chi connectivity index (χ1) is 16.8. The molecule has 0 saturated heterocycles. The number of nitrogens with two attached hydrogens (primary N) is 4. The Kier molecular flexibility index (Phi) is 15.9. The van der Waals surface area contributed by atoms with E-state index in [9.17, 15) is 29.1 Å². The molecular formula is C21H40N8O6S. The van der Waals surface area contributed by atoms with Crippen LogP contribution < -0.4 is 38.9 Å². The highest BCUT2D eigenvalue weighted by Gasteiger charge is 2.30. The number of carbonyl (C=O) groups is 5. The second-order valence-corrected chi connectivity index (χ2v) is 9.64. The molecule has 0 aliphatic heterocycles. The Labute approximate surface area is 215 Å². The molecule has 0 rings (SSSR count). The first-order valence-corrected chi connectivity index (χ1v) is 12.9. The lowest BCUT2D eigenvalue weighted by molar-refractivity contribution is -0.143. The molecule has 4 amide bonds. The summed E-state index contributed by atoms with van der Waals surface area (Å²) in [6.45, 7) is 4.03. The second kappa shape index (κ2) is 17.4. The third kappa shape index (κ3) is 14.4. The van der Waals surface area contributed by atoms with Crippen molar-refractivity contribution in [3.63, 3.8) is 0 Å². The maximum atomic E-state index is 13.1. The van der Waals surface area contributed by atoms with Gasteiger partial charge in [0.15, 0.2) is 5.96 Å². The molecule has 0 spiro atoms. The number of aliphatic imine (C=N–C) groups is 1. The van der Waals surface area contributed by atoms with Crippen LogP contribution in [-0.2, 0) is 24.0 Å². The van der Waals surface area contributed by atoms with Crippen LogP contribution in [0.25, 0.3) is 0 Å². The van der Waals surface area contributed by atoms with E-state index in [-0.39, 0.29) is 31.3 Å². The van der Waals surface area contributed by atoms with E-state index < -0.39 is 60.2 Å². The van der Waals surface area contributed by atoms with Gasteiger partial charge in [0.2, 0.25) is 23.6 Å². The summed E-state index contributed by atoms with van der Waals surface area (Å²) in [5, 5.41) is 16.7. The maximum absolute atomic E-state index is 13.1. The highest BCUT2D eigenvalue weighted by molar-refractivity contribution is 7.98. The number of thioether (sulfide) groups is 1. The van der Waals surface area contributed by atoms with Crippen molar-refractivity contribution in [1.82, 2.24) is 16.0 Å². The minimum absolute atomic E-state index is 0.114. The lowest BCUT2D eigenvalue weighted by Crippen LogP contribution is -2.57. The molecule has 0 aliphatic rings. The first-order valence-electron chi connectivity index (χ1n) is 11.5. The van der Waals surface area contributed by atoms with Crippen molar-refractivity contribution < 1.29 is 29.1 Å². The van der Waals surface area contributed by atoms with Crippen molar-refractivity contribution >= 4 is 47.3 Å². The number of nitrogens with zero attached hydrogens (tertiary/aromatic N) is 1. The average Bonchev–Trinajstić information content (AvgIpc) is 2.76. The van der Waals surface area contributed by atoms with Gasteiger partial charge in [-0.1, -0.05) is 13.8 Å². The number of nitrogens with one attached hydrogen (secondary N) is 3. The zero-order chi connectivity index (χ0) is 27.8. The van der Waals surface area contributed by atoms with Crippen LogP contribution in [0.5, 0.6) is 0 Å². The minimum atomic E-state index is -1.55. The van der Waals surface area contributed by atoms with Gasteiger partial charge in [-0.3, -0.25) is 24.2 Å². The standard InChI is InChI=1S/C21H40N8O6S/c1-11(2)9-12(22)17(31)27-13(5-4-7-26-21(24)25)18(32)28-14(6-8-36-3)19(33)29-15(20(34)35)10-16(23)30/h11-15H,4-10,22H2,1-3H3,(H2,23,30)(H,27,31)(H,28,32)(H,29,33)(H,34,35)(H4,24,25,26). The first kappa shape index (κ1) is 32.9. The molecule has 14 nitrogen and oxygen atoms in total. The van der Waals surface area contributed by atoms with E-state index in [1.54, 1.807) is 6.26 Å². The summed E-state index contributed by atoms with van der Waals surface area (Å²) in [6, 6.07) is -4.55. The third-order valence-corrected chi connectivity index (χ3v) is 5.55. The number of amides is 4. The van der Waals surface area contributed by atoms with Crippen molar-refractivity contribution in [1.29, 1.82) is 0 Å². The van der Waals surface area contributed by atoms with Gasteiger partial charge in [-0.05, 0) is 43.6 Å². The molecule has 0 aliphatic carbocycles. The van der Waals surface area contributed by atoms with E-state index in [1.165, 1.54) is 11.8 Å². The highest BCUT2D eigenvalue weighted by atomic mass is 32.2. The van der Waals surface area contributed by atoms with Crippen molar-refractivity contribution in [2.45, 2.75) is 70.1 Å². The molecule has 36 heavy (non-hydrogen) atoms. The Morgan fingerprint density at radius 1 is 0.889 bits per heavy atom. The molecular weight excluding hydrogens is 492 g/mol. The smallest absolute Gasteiger partial charge is 0.326 e. The zero-order valence-corrected chi connectivity index (χ0v) is 21.8. The van der Waals surface area contributed by atoms with Crippen LogP contribution in [0.1, 0.15) is 46.0 Å². The van der Waals surface area contributed by atoms with Crippen LogP contribution in [0.4, 0.5) is 0 Å². The predicted octanol–water partition coefficient (Wildman–Crippen LogP) is -2.42. The molecule has 0 heterocycles. The van der Waals surface area contributed by atoms with E-state index in [4.69, 9.17) is 22.9 Å². The summed E-state index contributed by atoms with van der Waals surface area (Å²) in [6.07, 6.45) is 2.26. The molecule has 12 N–H and O–H groups in total. The van der Waals surface area contributed by atoms with E-state index in [2.05, 4.69) is 20.9 Å². The summed E-state index contributed by atoms with van der Waals surface area (Å²) in [4.78, 5) is 64.9. The Hall–Kier alpha value is -3.07. The Balaban J connectivity index is 5.59. The van der Waals surface area contributed by atoms with Crippen LogP contribution >= 0.6 is 11.8 Å². The number of guanidine groups is 1. The Morgan fingerprint density at radius 2 is 1.42 bits per heavy atom. The van der Waals surface area contributed by atoms with E-state index >= 15 is 0 Å². The number of aliphatic carboxylic acids is 1. The molecule has 4 unspecified atom stereocenters. The Bertz CT molecular complexity index is 790. The number of carboxylic acids is 1. The van der Waals surface area contributed by atoms with Crippen molar-refractivity contribution in [2.75, 3.05) is 18.6 Å². The lowest BCUT2D eigenvalue weighted by atomic mass is 10.0. The number of carboxylic acid groups (broad SMARTS) is 1. The lowest BCUT2D eigenvalue weighted by Gasteiger charge is -2.25. The van der Waals surface area contributed by atoms with Crippen LogP contribution in [0.15, 0.2) is 4.99 Å². The summed E-state index contributed by atoms with van der Waals surface area (Å²) in [5.41, 5.74) is 21.6. The molecule has 15 heteroatoms. The van der Waals surface area contributed by atoms with E-state index in [1.807, 2.05) is 13.8 Å². The van der Waals surface area contributed by atoms with Crippen molar-refractivity contribution in [3.8, 4) is 0 Å². The predicted molar refractivity (Wildman–Crippen MR) is 138 cm³/mol. The monoisotopic (exact) mass is 532 g/mol. The van der Waals surface area contributed by atoms with Gasteiger partial charge < -0.3 is 44.0 Å². The van der Waals surface area contributed by atoms with Gasteiger partial charge in [0.25, 0.3) is 0 Å². The molecule has 0 radical (unpaired) electrons. The SMILES string of the molecule is CSCCC(NC(=O)C(CCCN=C(N)N)NC(=O)C(N)CC(C)C)C(=O)NC(CC(N)=O)C(=O)O. The molecule has 0 bridgehead atoms. The van der Waals surface area contributed by atoms with Gasteiger partial charge >= 0.3 is 5.97 Å². The van der Waals surface area contributed by atoms with Crippen LogP contribution in [0, 0.1) is 5.92 Å². The number of hydrogen-bond acceptors (Lipinski definition) is 8. The van der Waals surface area contributed by atoms with Crippen LogP contribution in [0.3, 0.4) is 0 Å². The van der Waals surface area contributed by atoms with Gasteiger partial charge in [0.05, 0.1) is 12.5 Å². The number of hydrogen-bond donors (Lipinski definition) is 8. The van der Waals surface area contributed by atoms with Gasteiger partial charge in [-0.2, -0.15) is 11.8 Å². The van der Waals surface area contributed by atoms with Gasteiger partial charge in [0, 0.05) is 6.54 Å². The quantitative estimate of drug-likeness (QED) is 0.0526. The molecule has 206 valence electrons. The fourth-order valence-electron chi connectivity index (χ4n) is 3.12. The summed E-state index contributed by atoms with van der Waals surface area (Å²) in [5.74, 6) is -3.83. The summed E-state index contributed by atoms with van der Waals surface area (Å²) in [7, 11) is 0. The Morgan fingerprint density at radius 3 is 1.89 bits per heavy atom. The molecule has 0 aromatic carbocycles. The summed E-state index contributed by atoms with van der Waals surface area (Å²) >= 11 is 1.41. The summed E-state index contributed by atoms with van der Waals surface area (Å²) < 4.78 is 0. The van der Waals surface area contributed by atoms with Crippen LogP contribution in [-0.4, -0.2) is 83.4 Å². The van der Waals surface area contributed by atoms with Gasteiger partial charge in [0.1, 0.15) is 18.1 Å².